The van der Waals surface area contributed by atoms with Gasteiger partial charge in [0.1, 0.15) is 11.9 Å². The molecule has 1 unspecified atom stereocenters. The van der Waals surface area contributed by atoms with E-state index in [1.165, 1.54) is 76.9 Å². The largest absolute Gasteiger partial charge is 0.486 e. The molecular weight excluding hydrogens is 643 g/mol. The van der Waals surface area contributed by atoms with Crippen LogP contribution in [0.5, 0.6) is 5.75 Å². The number of allylic oxidation sites excluding steroid dienone is 3. The first-order valence-corrected chi connectivity index (χ1v) is 18.5. The Balaban J connectivity index is 1.18. The van der Waals surface area contributed by atoms with Gasteiger partial charge in [-0.3, -0.25) is 0 Å². The Hall–Kier alpha value is -6.64. The van der Waals surface area contributed by atoms with E-state index in [0.29, 0.717) is 0 Å². The van der Waals surface area contributed by atoms with Crippen LogP contribution in [0.2, 0.25) is 0 Å². The van der Waals surface area contributed by atoms with Crippen LogP contribution in [-0.4, -0.2) is 10.7 Å². The third-order valence-electron chi connectivity index (χ3n) is 10.9. The molecule has 2 heteroatoms. The van der Waals surface area contributed by atoms with Gasteiger partial charge in [0.15, 0.2) is 0 Å². The molecule has 0 N–H and O–H groups in total. The van der Waals surface area contributed by atoms with Crippen molar-refractivity contribution in [1.82, 2.24) is 4.57 Å². The summed E-state index contributed by atoms with van der Waals surface area (Å²) >= 11 is 0. The molecule has 53 heavy (non-hydrogen) atoms. The van der Waals surface area contributed by atoms with E-state index in [2.05, 4.69) is 200 Å². The zero-order valence-electron chi connectivity index (χ0n) is 29.5. The lowest BCUT2D eigenvalue weighted by atomic mass is 9.94. The standard InChI is InChI=1S/C51H37NO/c1-34-47(31-38(36-16-6-3-7-17-36)24-25-41-30-37(27-29-51(41)53-34)35-14-4-2-5-15-35)40-26-28-46-45-22-12-13-23-48(45)52(50(46)33-40)49-32-39-18-8-9-19-42(39)43-20-10-11-21-44(43)49/h2-24,26-34H,25H2,1H3/b38-24+,47-31?. The molecule has 10 rings (SSSR count). The predicted octanol–water partition coefficient (Wildman–Crippen LogP) is 13.2. The number of rotatable bonds is 4. The molecule has 0 amide bonds. The third kappa shape index (κ3) is 5.43. The number of hydrogen-bond donors (Lipinski definition) is 0. The van der Waals surface area contributed by atoms with Crippen molar-refractivity contribution < 1.29 is 4.74 Å². The Bertz CT molecular complexity index is 2890. The summed E-state index contributed by atoms with van der Waals surface area (Å²) in [5.41, 5.74) is 11.8. The summed E-state index contributed by atoms with van der Waals surface area (Å²) in [4.78, 5) is 0. The highest BCUT2D eigenvalue weighted by Gasteiger charge is 2.22. The first-order chi connectivity index (χ1) is 26.2. The maximum atomic E-state index is 6.94. The van der Waals surface area contributed by atoms with Crippen molar-refractivity contribution in [3.63, 3.8) is 0 Å². The lowest BCUT2D eigenvalue weighted by Gasteiger charge is -2.21. The van der Waals surface area contributed by atoms with Gasteiger partial charge in [0.05, 0.1) is 16.7 Å². The van der Waals surface area contributed by atoms with Crippen LogP contribution in [0.15, 0.2) is 188 Å². The first-order valence-electron chi connectivity index (χ1n) is 18.5. The number of para-hydroxylation sites is 1. The number of aromatic nitrogens is 1. The number of nitrogens with zero attached hydrogens (tertiary/aromatic N) is 1. The van der Waals surface area contributed by atoms with Crippen LogP contribution in [0, 0.1) is 0 Å². The van der Waals surface area contributed by atoms with Gasteiger partial charge >= 0.3 is 0 Å². The maximum Gasteiger partial charge on any atom is 0.123 e. The van der Waals surface area contributed by atoms with E-state index >= 15 is 0 Å². The quantitative estimate of drug-likeness (QED) is 0.169. The van der Waals surface area contributed by atoms with Gasteiger partial charge in [-0.25, -0.2) is 0 Å². The summed E-state index contributed by atoms with van der Waals surface area (Å²) in [5, 5.41) is 7.47. The highest BCUT2D eigenvalue weighted by Crippen LogP contribution is 2.40. The lowest BCUT2D eigenvalue weighted by Crippen LogP contribution is -2.15. The molecule has 9 aromatic rings. The van der Waals surface area contributed by atoms with Crippen LogP contribution >= 0.6 is 0 Å². The van der Waals surface area contributed by atoms with Crippen molar-refractivity contribution in [3.05, 3.63) is 205 Å². The fourth-order valence-electron chi connectivity index (χ4n) is 8.26. The molecule has 0 fully saturated rings. The third-order valence-corrected chi connectivity index (χ3v) is 10.9. The summed E-state index contributed by atoms with van der Waals surface area (Å²) in [6, 6.07) is 63.6. The van der Waals surface area contributed by atoms with Crippen molar-refractivity contribution >= 4 is 54.5 Å². The molecule has 0 saturated heterocycles. The Morgan fingerprint density at radius 1 is 0.491 bits per heavy atom. The highest BCUT2D eigenvalue weighted by molar-refractivity contribution is 6.15. The van der Waals surface area contributed by atoms with Gasteiger partial charge in [0.2, 0.25) is 0 Å². The van der Waals surface area contributed by atoms with E-state index in [-0.39, 0.29) is 6.10 Å². The van der Waals surface area contributed by atoms with Crippen molar-refractivity contribution in [1.29, 1.82) is 0 Å². The zero-order valence-corrected chi connectivity index (χ0v) is 29.5. The molecule has 0 bridgehead atoms. The molecule has 1 aliphatic rings. The average molecular weight is 680 g/mol. The van der Waals surface area contributed by atoms with Gasteiger partial charge < -0.3 is 9.30 Å². The van der Waals surface area contributed by atoms with Gasteiger partial charge in [-0.15, -0.1) is 0 Å². The van der Waals surface area contributed by atoms with E-state index in [1.54, 1.807) is 0 Å². The van der Waals surface area contributed by atoms with Crippen LogP contribution in [0.25, 0.3) is 71.3 Å². The minimum atomic E-state index is -0.210. The van der Waals surface area contributed by atoms with Gasteiger partial charge in [-0.05, 0) is 105 Å². The van der Waals surface area contributed by atoms with Gasteiger partial charge in [-0.1, -0.05) is 152 Å². The van der Waals surface area contributed by atoms with Crippen LogP contribution in [-0.2, 0) is 6.42 Å². The molecule has 8 aromatic carbocycles. The Labute approximate surface area is 309 Å². The van der Waals surface area contributed by atoms with Crippen molar-refractivity contribution in [3.8, 4) is 22.6 Å². The Morgan fingerprint density at radius 3 is 1.94 bits per heavy atom. The molecule has 1 atom stereocenters. The minimum absolute atomic E-state index is 0.210. The van der Waals surface area contributed by atoms with Gasteiger partial charge in [0.25, 0.3) is 0 Å². The van der Waals surface area contributed by atoms with Gasteiger partial charge in [0, 0.05) is 16.2 Å². The SMILES string of the molecule is CC1Oc2ccc(-c3ccccc3)cc2C/C=C(/c2ccccc2)C=C1c1ccc2c3ccccc3n(-c3cc4ccccc4c4ccccc34)c2c1. The van der Waals surface area contributed by atoms with Crippen LogP contribution < -0.4 is 4.74 Å². The fourth-order valence-corrected chi connectivity index (χ4v) is 8.26. The predicted molar refractivity (Wildman–Crippen MR) is 224 cm³/mol. The van der Waals surface area contributed by atoms with Crippen LogP contribution in [0.4, 0.5) is 0 Å². The molecule has 2 nitrogen and oxygen atoms in total. The number of fused-ring (bicyclic) bond motifs is 7. The molecule has 1 aliphatic heterocycles. The topological polar surface area (TPSA) is 14.2 Å². The molecule has 2 heterocycles. The average Bonchev–Trinajstić information content (AvgIpc) is 3.57. The number of hydrogen-bond acceptors (Lipinski definition) is 1. The molecule has 0 aliphatic carbocycles. The molecule has 1 aromatic heterocycles. The van der Waals surface area contributed by atoms with E-state index in [9.17, 15) is 0 Å². The summed E-state index contributed by atoms with van der Waals surface area (Å²) < 4.78 is 9.41. The van der Waals surface area contributed by atoms with Crippen molar-refractivity contribution in [2.24, 2.45) is 0 Å². The maximum absolute atomic E-state index is 6.94. The normalized spacial score (nSPS) is 15.6. The first kappa shape index (κ1) is 31.1. The van der Waals surface area contributed by atoms with Crippen molar-refractivity contribution in [2.75, 3.05) is 0 Å². The van der Waals surface area contributed by atoms with Gasteiger partial charge in [-0.2, -0.15) is 0 Å². The minimum Gasteiger partial charge on any atom is -0.486 e. The molecule has 0 radical (unpaired) electrons. The molecular formula is C51H37NO. The second-order valence-corrected chi connectivity index (χ2v) is 14.0. The summed E-state index contributed by atoms with van der Waals surface area (Å²) in [5.74, 6) is 0.923. The molecule has 252 valence electrons. The number of ether oxygens (including phenoxy) is 1. The van der Waals surface area contributed by atoms with Crippen LogP contribution in [0.3, 0.4) is 0 Å². The van der Waals surface area contributed by atoms with Crippen molar-refractivity contribution in [2.45, 2.75) is 19.4 Å². The van der Waals surface area contributed by atoms with E-state index < -0.39 is 0 Å². The summed E-state index contributed by atoms with van der Waals surface area (Å²) in [6.45, 7) is 2.19. The van der Waals surface area contributed by atoms with Crippen LogP contribution in [0.1, 0.15) is 23.6 Å². The smallest absolute Gasteiger partial charge is 0.123 e. The molecule has 0 spiro atoms. The second-order valence-electron chi connectivity index (χ2n) is 14.0. The summed E-state index contributed by atoms with van der Waals surface area (Å²) in [7, 11) is 0. The van der Waals surface area contributed by atoms with E-state index in [4.69, 9.17) is 4.74 Å². The Morgan fingerprint density at radius 2 is 1.13 bits per heavy atom. The van der Waals surface area contributed by atoms with E-state index in [0.717, 1.165) is 23.3 Å². The highest BCUT2D eigenvalue weighted by atomic mass is 16.5. The summed E-state index contributed by atoms with van der Waals surface area (Å²) in [6.07, 6.45) is 5.27. The zero-order chi connectivity index (χ0) is 35.3. The fraction of sp³-hybridized carbons (Fsp3) is 0.0588. The number of benzene rings is 8. The second kappa shape index (κ2) is 12.8. The Kier molecular flexibility index (Phi) is 7.54. The molecule has 0 saturated carbocycles. The lowest BCUT2D eigenvalue weighted by molar-refractivity contribution is 0.276. The monoisotopic (exact) mass is 679 g/mol. The van der Waals surface area contributed by atoms with E-state index in [1.807, 2.05) is 0 Å².